The van der Waals surface area contributed by atoms with Gasteiger partial charge in [0.05, 0.1) is 0 Å². The van der Waals surface area contributed by atoms with Crippen molar-refractivity contribution in [1.82, 2.24) is 20.0 Å². The van der Waals surface area contributed by atoms with Gasteiger partial charge >= 0.3 is 0 Å². The van der Waals surface area contributed by atoms with Gasteiger partial charge in [-0.15, -0.1) is 0 Å². The molecule has 0 bridgehead atoms. The standard InChI is InChI=1S/C33H33ClN4O4/c1-33(2)20-36(15-16-37(33)18-23-5-3-4-6-26(23)21-7-10-25(34)11-8-21)31(41)22-9-12-27-24(17-22)19-38(32(27)42)28-13-14-29(39)35-30(28)40/h3-12,17,28H,13-16,18-20H2,1-2H3,(H,35,39,40). The molecule has 0 aliphatic carbocycles. The predicted molar refractivity (Wildman–Crippen MR) is 160 cm³/mol. The van der Waals surface area contributed by atoms with E-state index >= 15 is 0 Å². The Morgan fingerprint density at radius 2 is 1.74 bits per heavy atom. The first-order valence-corrected chi connectivity index (χ1v) is 14.6. The third-order valence-corrected chi connectivity index (χ3v) is 8.92. The summed E-state index contributed by atoms with van der Waals surface area (Å²) in [6.07, 6.45) is 0.508. The Bertz CT molecular complexity index is 1590. The molecule has 0 aromatic heterocycles. The normalized spacial score (nSPS) is 20.5. The van der Waals surface area contributed by atoms with Gasteiger partial charge in [0, 0.05) is 60.8 Å². The van der Waals surface area contributed by atoms with Gasteiger partial charge in [-0.3, -0.25) is 29.4 Å². The van der Waals surface area contributed by atoms with Gasteiger partial charge < -0.3 is 9.80 Å². The summed E-state index contributed by atoms with van der Waals surface area (Å²) in [6.45, 7) is 7.20. The Morgan fingerprint density at radius 3 is 2.48 bits per heavy atom. The number of rotatable bonds is 5. The molecule has 216 valence electrons. The Hall–Kier alpha value is -4.01. The molecule has 1 N–H and O–H groups in total. The van der Waals surface area contributed by atoms with Crippen molar-refractivity contribution in [1.29, 1.82) is 0 Å². The number of piperidine rings is 1. The van der Waals surface area contributed by atoms with Crippen molar-refractivity contribution >= 4 is 35.2 Å². The van der Waals surface area contributed by atoms with Gasteiger partial charge in [0.1, 0.15) is 6.04 Å². The highest BCUT2D eigenvalue weighted by atomic mass is 35.5. The Kier molecular flexibility index (Phi) is 7.37. The number of piperazine rings is 1. The number of fused-ring (bicyclic) bond motifs is 1. The molecule has 1 atom stereocenters. The number of nitrogens with zero attached hydrogens (tertiary/aromatic N) is 3. The summed E-state index contributed by atoms with van der Waals surface area (Å²) in [7, 11) is 0. The lowest BCUT2D eigenvalue weighted by atomic mass is 9.94. The highest BCUT2D eigenvalue weighted by molar-refractivity contribution is 6.30. The number of halogens is 1. The molecular weight excluding hydrogens is 552 g/mol. The summed E-state index contributed by atoms with van der Waals surface area (Å²) in [4.78, 5) is 56.5. The topological polar surface area (TPSA) is 90.0 Å². The van der Waals surface area contributed by atoms with Crippen LogP contribution in [0.25, 0.3) is 11.1 Å². The fourth-order valence-electron chi connectivity index (χ4n) is 6.32. The first-order chi connectivity index (χ1) is 20.1. The van der Waals surface area contributed by atoms with Crippen LogP contribution >= 0.6 is 11.6 Å². The van der Waals surface area contributed by atoms with E-state index in [-0.39, 0.29) is 36.2 Å². The second kappa shape index (κ2) is 11.0. The highest BCUT2D eigenvalue weighted by Crippen LogP contribution is 2.32. The monoisotopic (exact) mass is 584 g/mol. The Balaban J connectivity index is 1.14. The van der Waals surface area contributed by atoms with E-state index in [4.69, 9.17) is 11.6 Å². The zero-order valence-electron chi connectivity index (χ0n) is 23.7. The number of amides is 4. The van der Waals surface area contributed by atoms with Gasteiger partial charge in [0.2, 0.25) is 11.8 Å². The van der Waals surface area contributed by atoms with Gasteiger partial charge in [-0.05, 0) is 72.9 Å². The van der Waals surface area contributed by atoms with Gasteiger partial charge in [-0.25, -0.2) is 0 Å². The fourth-order valence-corrected chi connectivity index (χ4v) is 6.45. The smallest absolute Gasteiger partial charge is 0.255 e. The van der Waals surface area contributed by atoms with Crippen LogP contribution in [0.2, 0.25) is 5.02 Å². The predicted octanol–water partition coefficient (Wildman–Crippen LogP) is 4.50. The molecule has 9 heteroatoms. The average molecular weight is 585 g/mol. The summed E-state index contributed by atoms with van der Waals surface area (Å²) in [5.74, 6) is -1.08. The second-order valence-electron chi connectivity index (χ2n) is 11.9. The molecule has 8 nitrogen and oxygen atoms in total. The average Bonchev–Trinajstić information content (AvgIpc) is 3.29. The maximum absolute atomic E-state index is 13.7. The van der Waals surface area contributed by atoms with E-state index in [0.717, 1.165) is 24.2 Å². The Morgan fingerprint density at radius 1 is 0.976 bits per heavy atom. The van der Waals surface area contributed by atoms with Crippen LogP contribution in [0.4, 0.5) is 0 Å². The van der Waals surface area contributed by atoms with Gasteiger partial charge in [0.25, 0.3) is 11.8 Å². The number of nitrogens with one attached hydrogen (secondary N) is 1. The lowest BCUT2D eigenvalue weighted by molar-refractivity contribution is -0.136. The molecular formula is C33H33ClN4O4. The molecule has 3 aromatic carbocycles. The number of imide groups is 1. The summed E-state index contributed by atoms with van der Waals surface area (Å²) in [5.41, 5.74) is 5.00. The zero-order valence-corrected chi connectivity index (χ0v) is 24.5. The van der Waals surface area contributed by atoms with E-state index < -0.39 is 11.9 Å². The van der Waals surface area contributed by atoms with Gasteiger partial charge in [-0.1, -0.05) is 48.0 Å². The molecule has 0 saturated carbocycles. The van der Waals surface area contributed by atoms with Crippen molar-refractivity contribution in [3.05, 3.63) is 94.0 Å². The number of hydrogen-bond acceptors (Lipinski definition) is 5. The van der Waals surface area contributed by atoms with Crippen LogP contribution in [0.1, 0.15) is 58.5 Å². The van der Waals surface area contributed by atoms with Crippen LogP contribution < -0.4 is 5.32 Å². The van der Waals surface area contributed by atoms with Crippen LogP contribution in [-0.4, -0.2) is 69.5 Å². The number of hydrogen-bond donors (Lipinski definition) is 1. The largest absolute Gasteiger partial charge is 0.336 e. The number of benzene rings is 3. The van der Waals surface area contributed by atoms with Crippen LogP contribution in [0.5, 0.6) is 0 Å². The first-order valence-electron chi connectivity index (χ1n) is 14.3. The second-order valence-corrected chi connectivity index (χ2v) is 12.3. The number of carbonyl (C=O) groups is 4. The van der Waals surface area contributed by atoms with Crippen LogP contribution in [0.3, 0.4) is 0 Å². The molecule has 3 aliphatic heterocycles. The van der Waals surface area contributed by atoms with E-state index in [0.29, 0.717) is 35.7 Å². The van der Waals surface area contributed by atoms with Crippen molar-refractivity contribution in [3.8, 4) is 11.1 Å². The molecule has 2 saturated heterocycles. The van der Waals surface area contributed by atoms with Crippen molar-refractivity contribution in [3.63, 3.8) is 0 Å². The summed E-state index contributed by atoms with van der Waals surface area (Å²) in [6, 6.07) is 20.8. The van der Waals surface area contributed by atoms with Gasteiger partial charge in [0.15, 0.2) is 0 Å². The summed E-state index contributed by atoms with van der Waals surface area (Å²) < 4.78 is 0. The molecule has 1 unspecified atom stereocenters. The fraction of sp³-hybridized carbons (Fsp3) is 0.333. The van der Waals surface area contributed by atoms with Crippen molar-refractivity contribution < 1.29 is 19.2 Å². The quantitative estimate of drug-likeness (QED) is 0.446. The third-order valence-electron chi connectivity index (χ3n) is 8.67. The maximum atomic E-state index is 13.7. The van der Waals surface area contributed by atoms with E-state index in [9.17, 15) is 19.2 Å². The molecule has 2 fully saturated rings. The molecule has 0 spiro atoms. The van der Waals surface area contributed by atoms with E-state index in [2.05, 4.69) is 42.3 Å². The highest BCUT2D eigenvalue weighted by Gasteiger charge is 2.40. The minimum Gasteiger partial charge on any atom is -0.336 e. The van der Waals surface area contributed by atoms with Crippen molar-refractivity contribution in [2.24, 2.45) is 0 Å². The van der Waals surface area contributed by atoms with Crippen molar-refractivity contribution in [2.75, 3.05) is 19.6 Å². The number of carbonyl (C=O) groups excluding carboxylic acids is 4. The molecule has 3 aliphatic rings. The lowest BCUT2D eigenvalue weighted by Crippen LogP contribution is -2.60. The van der Waals surface area contributed by atoms with E-state index in [1.807, 2.05) is 35.2 Å². The molecule has 0 radical (unpaired) electrons. The maximum Gasteiger partial charge on any atom is 0.255 e. The SMILES string of the molecule is CC1(C)CN(C(=O)c2ccc3c(c2)CN(C2CCC(=O)NC2=O)C3=O)CCN1Cc1ccccc1-c1ccc(Cl)cc1. The molecule has 3 heterocycles. The molecule has 42 heavy (non-hydrogen) atoms. The summed E-state index contributed by atoms with van der Waals surface area (Å²) in [5, 5.41) is 3.03. The van der Waals surface area contributed by atoms with Gasteiger partial charge in [-0.2, -0.15) is 0 Å². The molecule has 4 amide bonds. The third kappa shape index (κ3) is 5.32. The molecule has 6 rings (SSSR count). The lowest BCUT2D eigenvalue weighted by Gasteiger charge is -2.47. The van der Waals surface area contributed by atoms with E-state index in [1.165, 1.54) is 16.0 Å². The van der Waals surface area contributed by atoms with Crippen LogP contribution in [-0.2, 0) is 22.7 Å². The Labute approximate surface area is 250 Å². The first kappa shape index (κ1) is 28.1. The summed E-state index contributed by atoms with van der Waals surface area (Å²) >= 11 is 6.12. The minimum absolute atomic E-state index is 0.0704. The van der Waals surface area contributed by atoms with Crippen molar-refractivity contribution in [2.45, 2.75) is 51.4 Å². The van der Waals surface area contributed by atoms with Crippen LogP contribution in [0, 0.1) is 0 Å². The van der Waals surface area contributed by atoms with E-state index in [1.54, 1.807) is 18.2 Å². The zero-order chi connectivity index (χ0) is 29.6. The van der Waals surface area contributed by atoms with Crippen LogP contribution in [0.15, 0.2) is 66.7 Å². The minimum atomic E-state index is -0.680. The molecule has 3 aromatic rings.